The van der Waals surface area contributed by atoms with Crippen LogP contribution < -0.4 is 10.5 Å². The molecule has 3 N–H and O–H groups in total. The van der Waals surface area contributed by atoms with Crippen molar-refractivity contribution < 1.29 is 14.7 Å². The zero-order valence-corrected chi connectivity index (χ0v) is 12.5. The fourth-order valence-corrected chi connectivity index (χ4v) is 2.12. The number of amidine groups is 1. The molecular formula is C17H20N2O3. The summed E-state index contributed by atoms with van der Waals surface area (Å²) >= 11 is 0. The van der Waals surface area contributed by atoms with Gasteiger partial charge in [-0.2, -0.15) is 0 Å². The standard InChI is InChI=1S/C17H20N2O3/c1-21-15-9-7-14(8-10-15)17(13-5-3-2-4-6-13)22-12-11-16(18)19-20/h2-10,17,20H,11-12H2,1H3,(H2,18,19). The van der Waals surface area contributed by atoms with Gasteiger partial charge < -0.3 is 20.4 Å². The second-order valence-corrected chi connectivity index (χ2v) is 4.78. The van der Waals surface area contributed by atoms with Crippen LogP contribution in [-0.2, 0) is 4.74 Å². The number of hydrogen-bond acceptors (Lipinski definition) is 4. The van der Waals surface area contributed by atoms with Gasteiger partial charge in [-0.3, -0.25) is 0 Å². The van der Waals surface area contributed by atoms with E-state index in [1.54, 1.807) is 7.11 Å². The van der Waals surface area contributed by atoms with Gasteiger partial charge in [-0.15, -0.1) is 0 Å². The van der Waals surface area contributed by atoms with E-state index in [2.05, 4.69) is 5.16 Å². The summed E-state index contributed by atoms with van der Waals surface area (Å²) in [7, 11) is 1.64. The lowest BCUT2D eigenvalue weighted by Gasteiger charge is -2.19. The topological polar surface area (TPSA) is 77.1 Å². The number of methoxy groups -OCH3 is 1. The molecule has 0 fully saturated rings. The highest BCUT2D eigenvalue weighted by molar-refractivity contribution is 5.79. The summed E-state index contributed by atoms with van der Waals surface area (Å²) in [4.78, 5) is 0. The van der Waals surface area contributed by atoms with Crippen LogP contribution in [0.5, 0.6) is 5.75 Å². The number of ether oxygens (including phenoxy) is 2. The lowest BCUT2D eigenvalue weighted by Crippen LogP contribution is -2.16. The van der Waals surface area contributed by atoms with Crippen LogP contribution in [-0.4, -0.2) is 24.8 Å². The maximum Gasteiger partial charge on any atom is 0.141 e. The third-order valence-corrected chi connectivity index (χ3v) is 3.29. The first-order valence-electron chi connectivity index (χ1n) is 7.01. The van der Waals surface area contributed by atoms with E-state index in [-0.39, 0.29) is 11.9 Å². The number of benzene rings is 2. The summed E-state index contributed by atoms with van der Waals surface area (Å²) in [6, 6.07) is 17.7. The van der Waals surface area contributed by atoms with E-state index in [1.165, 1.54) is 0 Å². The number of hydrogen-bond donors (Lipinski definition) is 2. The van der Waals surface area contributed by atoms with Crippen LogP contribution in [0.15, 0.2) is 59.8 Å². The van der Waals surface area contributed by atoms with Crippen LogP contribution in [0.1, 0.15) is 23.7 Å². The first kappa shape index (κ1) is 15.9. The molecule has 1 unspecified atom stereocenters. The Labute approximate surface area is 130 Å². The molecule has 0 aliphatic carbocycles. The van der Waals surface area contributed by atoms with Crippen molar-refractivity contribution >= 4 is 5.84 Å². The molecule has 2 aromatic carbocycles. The van der Waals surface area contributed by atoms with Gasteiger partial charge in [0.25, 0.3) is 0 Å². The van der Waals surface area contributed by atoms with Gasteiger partial charge in [0.2, 0.25) is 0 Å². The van der Waals surface area contributed by atoms with Gasteiger partial charge in [-0.25, -0.2) is 0 Å². The summed E-state index contributed by atoms with van der Waals surface area (Å²) in [6.07, 6.45) is 0.161. The van der Waals surface area contributed by atoms with Crippen molar-refractivity contribution in [3.05, 3.63) is 65.7 Å². The first-order valence-corrected chi connectivity index (χ1v) is 7.01. The number of nitrogens with two attached hydrogens (primary N) is 1. The molecular weight excluding hydrogens is 280 g/mol. The van der Waals surface area contributed by atoms with Crippen molar-refractivity contribution in [3.8, 4) is 5.75 Å². The minimum atomic E-state index is -0.210. The molecule has 0 saturated carbocycles. The summed E-state index contributed by atoms with van der Waals surface area (Å²) < 4.78 is 11.1. The quantitative estimate of drug-likeness (QED) is 0.357. The summed E-state index contributed by atoms with van der Waals surface area (Å²) in [5, 5.41) is 11.5. The van der Waals surface area contributed by atoms with E-state index < -0.39 is 0 Å². The molecule has 0 aliphatic heterocycles. The number of rotatable bonds is 7. The lowest BCUT2D eigenvalue weighted by atomic mass is 10.0. The molecule has 0 radical (unpaired) electrons. The summed E-state index contributed by atoms with van der Waals surface area (Å²) in [6.45, 7) is 0.363. The van der Waals surface area contributed by atoms with Crippen LogP contribution in [0, 0.1) is 0 Å². The second kappa shape index (κ2) is 8.05. The van der Waals surface area contributed by atoms with Crippen LogP contribution in [0.4, 0.5) is 0 Å². The average molecular weight is 300 g/mol. The molecule has 2 rings (SSSR count). The molecule has 1 atom stereocenters. The van der Waals surface area contributed by atoms with E-state index in [0.717, 1.165) is 16.9 Å². The Morgan fingerprint density at radius 2 is 1.73 bits per heavy atom. The van der Waals surface area contributed by atoms with Crippen LogP contribution in [0.3, 0.4) is 0 Å². The number of nitrogens with zero attached hydrogens (tertiary/aromatic N) is 1. The van der Waals surface area contributed by atoms with Gasteiger partial charge in [-0.05, 0) is 23.3 Å². The Kier molecular flexibility index (Phi) is 5.80. The largest absolute Gasteiger partial charge is 0.497 e. The third kappa shape index (κ3) is 4.23. The van der Waals surface area contributed by atoms with E-state index in [0.29, 0.717) is 13.0 Å². The monoisotopic (exact) mass is 300 g/mol. The smallest absolute Gasteiger partial charge is 0.141 e. The Bertz CT molecular complexity index is 597. The zero-order valence-electron chi connectivity index (χ0n) is 12.5. The molecule has 0 aliphatic rings. The minimum Gasteiger partial charge on any atom is -0.497 e. The normalized spacial score (nSPS) is 12.9. The van der Waals surface area contributed by atoms with E-state index in [9.17, 15) is 0 Å². The van der Waals surface area contributed by atoms with Crippen molar-refractivity contribution in [1.29, 1.82) is 0 Å². The third-order valence-electron chi connectivity index (χ3n) is 3.29. The van der Waals surface area contributed by atoms with Gasteiger partial charge in [0.1, 0.15) is 17.7 Å². The molecule has 5 heteroatoms. The zero-order chi connectivity index (χ0) is 15.8. The van der Waals surface area contributed by atoms with Gasteiger partial charge in [0.05, 0.1) is 13.7 Å². The second-order valence-electron chi connectivity index (χ2n) is 4.78. The van der Waals surface area contributed by atoms with Crippen LogP contribution >= 0.6 is 0 Å². The Hall–Kier alpha value is -2.53. The van der Waals surface area contributed by atoms with Crippen molar-refractivity contribution in [2.45, 2.75) is 12.5 Å². The van der Waals surface area contributed by atoms with Gasteiger partial charge in [0, 0.05) is 6.42 Å². The van der Waals surface area contributed by atoms with Crippen molar-refractivity contribution in [3.63, 3.8) is 0 Å². The molecule has 22 heavy (non-hydrogen) atoms. The molecule has 0 saturated heterocycles. The van der Waals surface area contributed by atoms with Crippen LogP contribution in [0.2, 0.25) is 0 Å². The highest BCUT2D eigenvalue weighted by atomic mass is 16.5. The Balaban J connectivity index is 2.17. The average Bonchev–Trinajstić information content (AvgIpc) is 2.59. The Morgan fingerprint density at radius 1 is 1.09 bits per heavy atom. The fraction of sp³-hybridized carbons (Fsp3) is 0.235. The predicted octanol–water partition coefficient (Wildman–Crippen LogP) is 2.94. The van der Waals surface area contributed by atoms with Crippen molar-refractivity contribution in [2.24, 2.45) is 10.9 Å². The van der Waals surface area contributed by atoms with Gasteiger partial charge in [0.15, 0.2) is 0 Å². The van der Waals surface area contributed by atoms with E-state index >= 15 is 0 Å². The predicted molar refractivity (Wildman–Crippen MR) is 85.3 cm³/mol. The Morgan fingerprint density at radius 3 is 2.32 bits per heavy atom. The molecule has 0 aromatic heterocycles. The molecule has 0 amide bonds. The van der Waals surface area contributed by atoms with Gasteiger partial charge in [-0.1, -0.05) is 47.6 Å². The summed E-state index contributed by atoms with van der Waals surface area (Å²) in [5.74, 6) is 0.953. The molecule has 5 nitrogen and oxygen atoms in total. The summed E-state index contributed by atoms with van der Waals surface area (Å²) in [5.41, 5.74) is 7.55. The molecule has 2 aromatic rings. The maximum absolute atomic E-state index is 8.59. The fourth-order valence-electron chi connectivity index (χ4n) is 2.12. The maximum atomic E-state index is 8.59. The van der Waals surface area contributed by atoms with Crippen LogP contribution in [0.25, 0.3) is 0 Å². The molecule has 0 spiro atoms. The first-order chi connectivity index (χ1) is 10.7. The highest BCUT2D eigenvalue weighted by Gasteiger charge is 2.14. The van der Waals surface area contributed by atoms with Gasteiger partial charge >= 0.3 is 0 Å². The van der Waals surface area contributed by atoms with E-state index in [4.69, 9.17) is 20.4 Å². The molecule has 0 bridgehead atoms. The molecule has 0 heterocycles. The molecule has 116 valence electrons. The highest BCUT2D eigenvalue weighted by Crippen LogP contribution is 2.27. The van der Waals surface area contributed by atoms with E-state index in [1.807, 2.05) is 54.6 Å². The van der Waals surface area contributed by atoms with Crippen molar-refractivity contribution in [1.82, 2.24) is 0 Å². The van der Waals surface area contributed by atoms with Crippen molar-refractivity contribution in [2.75, 3.05) is 13.7 Å². The lowest BCUT2D eigenvalue weighted by molar-refractivity contribution is 0.0853. The minimum absolute atomic E-state index is 0.154. The SMILES string of the molecule is COc1ccc(C(OCC/C(N)=N/O)c2ccccc2)cc1. The number of oxime groups is 1.